The number of amides is 2. The molecule has 15 nitrogen and oxygen atoms in total. The zero-order valence-corrected chi connectivity index (χ0v) is 40.2. The fraction of sp³-hybridized carbons (Fsp3) is 0.592. The lowest BCUT2D eigenvalue weighted by molar-refractivity contribution is -0.176. The van der Waals surface area contributed by atoms with Crippen molar-refractivity contribution in [2.45, 2.75) is 153 Å². The Kier molecular flexibility index (Phi) is 14.4. The van der Waals surface area contributed by atoms with Gasteiger partial charge in [0, 0.05) is 18.2 Å². The molecular weight excluding hydrogens is 891 g/mol. The van der Waals surface area contributed by atoms with Gasteiger partial charge in [-0.05, 0) is 128 Å². The van der Waals surface area contributed by atoms with E-state index >= 15 is 4.79 Å². The second kappa shape index (κ2) is 19.4. The zero-order chi connectivity index (χ0) is 48.6. The van der Waals surface area contributed by atoms with Gasteiger partial charge < -0.3 is 28.6 Å². The molecule has 1 saturated heterocycles. The van der Waals surface area contributed by atoms with E-state index in [1.165, 1.54) is 4.90 Å². The summed E-state index contributed by atoms with van der Waals surface area (Å²) < 4.78 is 85.6. The molecule has 2 aliphatic heterocycles. The van der Waals surface area contributed by atoms with Crippen LogP contribution in [0.4, 0.5) is 8.78 Å². The highest BCUT2D eigenvalue weighted by molar-refractivity contribution is 7.91. The number of nitrogens with one attached hydrogen (secondary N) is 1. The summed E-state index contributed by atoms with van der Waals surface area (Å²) in [5.74, 6) is -3.42. The molecule has 0 bridgehead atoms. The van der Waals surface area contributed by atoms with E-state index in [1.807, 2.05) is 45.1 Å². The maximum absolute atomic E-state index is 15.2. The second-order valence-corrected chi connectivity index (χ2v) is 21.7. The second-order valence-electron chi connectivity index (χ2n) is 19.5. The molecule has 3 aromatic rings. The van der Waals surface area contributed by atoms with Crippen molar-refractivity contribution in [3.63, 3.8) is 0 Å². The Bertz CT molecular complexity index is 2500. The van der Waals surface area contributed by atoms with Crippen molar-refractivity contribution in [3.8, 4) is 28.8 Å². The van der Waals surface area contributed by atoms with E-state index in [-0.39, 0.29) is 44.2 Å². The predicted molar refractivity (Wildman–Crippen MR) is 244 cm³/mol. The normalized spacial score (nSPS) is 27.1. The number of pyridine rings is 2. The van der Waals surface area contributed by atoms with Gasteiger partial charge in [-0.1, -0.05) is 19.1 Å². The Hall–Kier alpha value is -5.23. The lowest BCUT2D eigenvalue weighted by Crippen LogP contribution is -2.49. The van der Waals surface area contributed by atoms with Crippen LogP contribution < -0.4 is 18.9 Å². The fourth-order valence-corrected chi connectivity index (χ4v) is 10.3. The van der Waals surface area contributed by atoms with E-state index in [1.54, 1.807) is 51.4 Å². The van der Waals surface area contributed by atoms with E-state index in [9.17, 15) is 31.6 Å². The number of hydrogen-bond acceptors (Lipinski definition) is 13. The number of Topliss-reactive ketones (excluding diaryl/α,β-unsaturated/α-hetero) is 1. The summed E-state index contributed by atoms with van der Waals surface area (Å²) in [5.41, 5.74) is -2.61. The number of rotatable bonds is 14. The van der Waals surface area contributed by atoms with Crippen LogP contribution in [0.1, 0.15) is 106 Å². The number of fused-ring (bicyclic) bond motifs is 3. The summed E-state index contributed by atoms with van der Waals surface area (Å²) in [5, 5.41) is 1.29. The number of halogens is 2. The summed E-state index contributed by atoms with van der Waals surface area (Å²) in [6.45, 7) is 11.0. The van der Waals surface area contributed by atoms with Crippen LogP contribution in [0.2, 0.25) is 0 Å². The van der Waals surface area contributed by atoms with Crippen molar-refractivity contribution in [2.75, 3.05) is 13.7 Å². The molecule has 1 N–H and O–H groups in total. The zero-order valence-electron chi connectivity index (χ0n) is 39.4. The molecule has 364 valence electrons. The molecule has 0 spiro atoms. The molecule has 4 heterocycles. The average Bonchev–Trinajstić information content (AvgIpc) is 4.15. The highest BCUT2D eigenvalue weighted by Gasteiger charge is 2.63. The Balaban J connectivity index is 1.27. The third kappa shape index (κ3) is 10.9. The number of carbonyl (C=O) groups excluding carboxylic acids is 4. The third-order valence-electron chi connectivity index (χ3n) is 13.4. The Labute approximate surface area is 390 Å². The SMILES string of the molecule is CC[C@@H]1O[C@H](C)CC/C=C\[C@@H]2C[C@@]2(C(=O)NS(=O)(=O)C2(C)CC2)CC(=O)[C@@H]2C[C@@H](Oc3nc(-c4ccc(OC(C)C)cn4)cc4cc(OC)ccc34)CN2C(=O)[C@H]1CC(=O)OC(C)(C)C(F)F. The molecule has 4 aliphatic rings. The number of methoxy groups -OCH3 is 1. The van der Waals surface area contributed by atoms with Crippen LogP contribution in [0.3, 0.4) is 0 Å². The molecular formula is C49H62F2N4O11S. The van der Waals surface area contributed by atoms with E-state index in [0.717, 1.165) is 13.8 Å². The number of aromatic nitrogens is 2. The number of ether oxygens (including phenoxy) is 5. The predicted octanol–water partition coefficient (Wildman–Crippen LogP) is 7.53. The largest absolute Gasteiger partial charge is 0.497 e. The van der Waals surface area contributed by atoms with Crippen molar-refractivity contribution in [1.82, 2.24) is 19.6 Å². The van der Waals surface area contributed by atoms with Crippen LogP contribution >= 0.6 is 0 Å². The topological polar surface area (TPSA) is 190 Å². The number of benzene rings is 1. The van der Waals surface area contributed by atoms with Gasteiger partial charge in [-0.2, -0.15) is 0 Å². The highest BCUT2D eigenvalue weighted by Crippen LogP contribution is 2.58. The van der Waals surface area contributed by atoms with Crippen LogP contribution in [-0.2, 0) is 38.7 Å². The van der Waals surface area contributed by atoms with Gasteiger partial charge in [0.1, 0.15) is 17.6 Å². The molecule has 7 rings (SSSR count). The molecule has 0 unspecified atom stereocenters. The average molecular weight is 953 g/mol. The van der Waals surface area contributed by atoms with E-state index in [4.69, 9.17) is 28.7 Å². The first kappa shape index (κ1) is 49.7. The number of esters is 1. The number of nitrogens with zero attached hydrogens (tertiary/aromatic N) is 3. The molecule has 2 amide bonds. The molecule has 1 aromatic carbocycles. The lowest BCUT2D eigenvalue weighted by atomic mass is 9.90. The Morgan fingerprint density at radius 2 is 1.81 bits per heavy atom. The van der Waals surface area contributed by atoms with Crippen molar-refractivity contribution < 1.29 is 60.1 Å². The molecule has 2 aromatic heterocycles. The van der Waals surface area contributed by atoms with E-state index in [0.29, 0.717) is 59.3 Å². The molecule has 0 radical (unpaired) electrons. The first-order chi connectivity index (χ1) is 31.6. The smallest absolute Gasteiger partial charge is 0.307 e. The number of hydrogen-bond donors (Lipinski definition) is 1. The monoisotopic (exact) mass is 952 g/mol. The van der Waals surface area contributed by atoms with Crippen molar-refractivity contribution >= 4 is 44.4 Å². The van der Waals surface area contributed by atoms with Crippen LogP contribution in [-0.4, -0.2) is 108 Å². The van der Waals surface area contributed by atoms with Gasteiger partial charge in [-0.3, -0.25) is 28.9 Å². The Morgan fingerprint density at radius 3 is 2.45 bits per heavy atom. The fourth-order valence-electron chi connectivity index (χ4n) is 8.95. The molecule has 7 atom stereocenters. The summed E-state index contributed by atoms with van der Waals surface area (Å²) in [6, 6.07) is 9.51. The third-order valence-corrected chi connectivity index (χ3v) is 15.6. The Morgan fingerprint density at radius 1 is 1.07 bits per heavy atom. The van der Waals surface area contributed by atoms with Crippen molar-refractivity contribution in [1.29, 1.82) is 0 Å². The van der Waals surface area contributed by atoms with Crippen molar-refractivity contribution in [3.05, 3.63) is 54.7 Å². The molecule has 2 saturated carbocycles. The van der Waals surface area contributed by atoms with Gasteiger partial charge in [-0.15, -0.1) is 0 Å². The van der Waals surface area contributed by atoms with Gasteiger partial charge in [0.15, 0.2) is 11.4 Å². The summed E-state index contributed by atoms with van der Waals surface area (Å²) >= 11 is 0. The summed E-state index contributed by atoms with van der Waals surface area (Å²) in [4.78, 5) is 68.7. The quantitative estimate of drug-likeness (QED) is 0.123. The number of ketones is 1. The van der Waals surface area contributed by atoms with Gasteiger partial charge in [0.2, 0.25) is 27.7 Å². The minimum absolute atomic E-state index is 0.0637. The van der Waals surface area contributed by atoms with Crippen LogP contribution in [0.25, 0.3) is 22.2 Å². The maximum Gasteiger partial charge on any atom is 0.307 e. The summed E-state index contributed by atoms with van der Waals surface area (Å²) in [6.07, 6.45) is 1.17. The molecule has 3 fully saturated rings. The van der Waals surface area contributed by atoms with Crippen molar-refractivity contribution in [2.24, 2.45) is 17.3 Å². The maximum atomic E-state index is 15.2. The standard InChI is InChI=1S/C49H62F2N4O11S/c1-9-41-36(23-42(57)66-47(5,6)45(50)51)44(58)55-27-34(65-43-35-16-14-32(62-8)20-30(35)21-38(53-43)37-17-15-33(26-52-37)63-28(2)3)22-39(55)40(56)25-49(24-31(49)13-11-10-12-29(4)64-41)46(59)54-67(60,61)48(7)18-19-48/h11,13-17,20-21,26,28-29,31,34,36,39,41,45H,9-10,12,18-19,22-25,27H2,1-8H3,(H,54,59)/b13-11-/t29-,31-,34-,36+,39+,41+,49-/m1/s1. The number of sulfonamides is 1. The van der Waals surface area contributed by atoms with Gasteiger partial charge >= 0.3 is 5.97 Å². The van der Waals surface area contributed by atoms with E-state index < -0.39 is 98.4 Å². The highest BCUT2D eigenvalue weighted by atomic mass is 32.2. The first-order valence-corrected chi connectivity index (χ1v) is 24.6. The first-order valence-electron chi connectivity index (χ1n) is 23.1. The lowest BCUT2D eigenvalue weighted by Gasteiger charge is -2.34. The molecule has 18 heteroatoms. The van der Waals surface area contributed by atoms with Gasteiger partial charge in [-0.25, -0.2) is 22.2 Å². The molecule has 67 heavy (non-hydrogen) atoms. The minimum Gasteiger partial charge on any atom is -0.497 e. The van der Waals surface area contributed by atoms with Gasteiger partial charge in [0.05, 0.1) is 78.1 Å². The van der Waals surface area contributed by atoms with E-state index in [2.05, 4.69) is 9.71 Å². The number of alkyl halides is 2. The number of carbonyl (C=O) groups is 4. The summed E-state index contributed by atoms with van der Waals surface area (Å²) in [7, 11) is -2.51. The van der Waals surface area contributed by atoms with Crippen LogP contribution in [0.15, 0.2) is 54.7 Å². The van der Waals surface area contributed by atoms with Crippen LogP contribution in [0.5, 0.6) is 17.4 Å². The number of allylic oxidation sites excluding steroid dienone is 2. The van der Waals surface area contributed by atoms with Crippen LogP contribution in [0, 0.1) is 17.3 Å². The molecule has 2 aliphatic carbocycles. The minimum atomic E-state index is -4.06. The van der Waals surface area contributed by atoms with Gasteiger partial charge in [0.25, 0.3) is 6.43 Å².